The molecule has 0 aliphatic heterocycles. The Balaban J connectivity index is 1.70. The van der Waals surface area contributed by atoms with Crippen LogP contribution in [0, 0.1) is 34.9 Å². The Morgan fingerprint density at radius 1 is 0.559 bits per heavy atom. The fraction of sp³-hybridized carbons (Fsp3) is 0. The van der Waals surface area contributed by atoms with Crippen LogP contribution >= 0.6 is 0 Å². The average Bonchev–Trinajstić information content (AvgIpc) is 2.80. The van der Waals surface area contributed by atoms with Gasteiger partial charge in [-0.05, 0) is 41.8 Å². The molecule has 0 atom stereocenters. The predicted molar refractivity (Wildman–Crippen MR) is 106 cm³/mol. The highest BCUT2D eigenvalue weighted by atomic mass is 19.2. The molecule has 0 unspecified atom stereocenters. The van der Waals surface area contributed by atoms with Crippen molar-refractivity contribution in [3.05, 3.63) is 107 Å². The summed E-state index contributed by atoms with van der Waals surface area (Å²) in [4.78, 5) is 24.9. The maximum absolute atomic E-state index is 13.5. The van der Waals surface area contributed by atoms with E-state index in [2.05, 4.69) is 0 Å². The van der Waals surface area contributed by atoms with E-state index in [4.69, 9.17) is 9.47 Å². The van der Waals surface area contributed by atoms with Gasteiger partial charge in [0.2, 0.25) is 0 Å². The molecule has 0 aliphatic carbocycles. The van der Waals surface area contributed by atoms with Gasteiger partial charge in [-0.15, -0.1) is 0 Å². The molecule has 0 bridgehead atoms. The quantitative estimate of drug-likeness (QED) is 0.154. The lowest BCUT2D eigenvalue weighted by atomic mass is 10.1. The number of carbonyl (C=O) groups is 2. The molecule has 4 rings (SSSR count). The zero-order valence-corrected chi connectivity index (χ0v) is 16.7. The third-order valence-electron chi connectivity index (χ3n) is 4.67. The van der Waals surface area contributed by atoms with Crippen molar-refractivity contribution in [2.45, 2.75) is 0 Å². The van der Waals surface area contributed by atoms with Crippen LogP contribution in [0.4, 0.5) is 26.3 Å². The van der Waals surface area contributed by atoms with Gasteiger partial charge in [0.15, 0.2) is 34.9 Å². The Kier molecular flexibility index (Phi) is 5.97. The van der Waals surface area contributed by atoms with Crippen LogP contribution < -0.4 is 9.47 Å². The van der Waals surface area contributed by atoms with E-state index in [0.717, 1.165) is 0 Å². The second-order valence-electron chi connectivity index (χ2n) is 6.90. The average molecular weight is 476 g/mol. The lowest BCUT2D eigenvalue weighted by Gasteiger charge is -2.12. The molecule has 0 heterocycles. The molecule has 4 aromatic rings. The first-order chi connectivity index (χ1) is 16.2. The number of benzene rings is 4. The number of rotatable bonds is 4. The summed E-state index contributed by atoms with van der Waals surface area (Å²) in [6.45, 7) is 0. The predicted octanol–water partition coefficient (Wildman–Crippen LogP) is 6.11. The molecule has 172 valence electrons. The second kappa shape index (κ2) is 8.89. The molecule has 0 spiro atoms. The Labute approximate surface area is 187 Å². The van der Waals surface area contributed by atoms with Crippen LogP contribution in [-0.4, -0.2) is 11.9 Å². The Bertz CT molecular complexity index is 1320. The van der Waals surface area contributed by atoms with E-state index in [9.17, 15) is 35.9 Å². The van der Waals surface area contributed by atoms with Gasteiger partial charge >= 0.3 is 11.9 Å². The van der Waals surface area contributed by atoms with Crippen LogP contribution in [0.15, 0.2) is 60.7 Å². The van der Waals surface area contributed by atoms with E-state index in [0.29, 0.717) is 29.7 Å². The standard InChI is InChI=1S/C24H10F6O4/c25-14-7-12(8-15(26)21(14)29)23(31)33-18-5-1-3-11-4-2-6-19(20(11)18)34-24(32)13-9-16(27)22(30)17(28)10-13/h1-10H. The van der Waals surface area contributed by atoms with Gasteiger partial charge in [0.1, 0.15) is 11.5 Å². The molecule has 0 amide bonds. The normalized spacial score (nSPS) is 10.9. The first-order valence-electron chi connectivity index (χ1n) is 9.41. The molecule has 0 aromatic heterocycles. The molecule has 0 saturated carbocycles. The molecule has 34 heavy (non-hydrogen) atoms. The molecule has 0 N–H and O–H groups in total. The summed E-state index contributed by atoms with van der Waals surface area (Å²) in [7, 11) is 0. The van der Waals surface area contributed by atoms with E-state index in [1.54, 1.807) is 12.1 Å². The third kappa shape index (κ3) is 4.29. The van der Waals surface area contributed by atoms with E-state index < -0.39 is 58.0 Å². The van der Waals surface area contributed by atoms with Gasteiger partial charge in [0.25, 0.3) is 0 Å². The van der Waals surface area contributed by atoms with Crippen molar-refractivity contribution in [3.63, 3.8) is 0 Å². The van der Waals surface area contributed by atoms with Gasteiger partial charge in [-0.3, -0.25) is 0 Å². The van der Waals surface area contributed by atoms with Crippen LogP contribution in [0.3, 0.4) is 0 Å². The SMILES string of the molecule is O=C(Oc1cccc2cccc(OC(=O)c3cc(F)c(F)c(F)c3)c12)c1cc(F)c(F)c(F)c1. The molecule has 0 aliphatic rings. The van der Waals surface area contributed by atoms with E-state index in [1.165, 1.54) is 24.3 Å². The summed E-state index contributed by atoms with van der Waals surface area (Å²) in [5, 5.41) is 0.446. The summed E-state index contributed by atoms with van der Waals surface area (Å²) >= 11 is 0. The Hall–Kier alpha value is -4.34. The zero-order valence-electron chi connectivity index (χ0n) is 16.7. The Morgan fingerprint density at radius 2 is 0.912 bits per heavy atom. The zero-order chi connectivity index (χ0) is 24.6. The molecule has 10 heteroatoms. The minimum Gasteiger partial charge on any atom is -0.422 e. The van der Waals surface area contributed by atoms with Gasteiger partial charge in [-0.25, -0.2) is 35.9 Å². The van der Waals surface area contributed by atoms with Gasteiger partial charge in [0.05, 0.1) is 16.5 Å². The van der Waals surface area contributed by atoms with Gasteiger partial charge < -0.3 is 9.47 Å². The number of hydrogen-bond acceptors (Lipinski definition) is 4. The summed E-state index contributed by atoms with van der Waals surface area (Å²) in [6.07, 6.45) is 0. The highest BCUT2D eigenvalue weighted by Crippen LogP contribution is 2.35. The lowest BCUT2D eigenvalue weighted by molar-refractivity contribution is 0.0734. The van der Waals surface area contributed by atoms with Crippen molar-refractivity contribution in [2.75, 3.05) is 0 Å². The molecule has 4 aromatic carbocycles. The van der Waals surface area contributed by atoms with E-state index in [-0.39, 0.29) is 16.9 Å². The molecular weight excluding hydrogens is 466 g/mol. The summed E-state index contributed by atoms with van der Waals surface area (Å²) in [5.74, 6) is -12.8. The molecule has 0 fully saturated rings. The highest BCUT2D eigenvalue weighted by molar-refractivity contribution is 6.00. The number of fused-ring (bicyclic) bond motifs is 1. The lowest BCUT2D eigenvalue weighted by Crippen LogP contribution is -2.12. The van der Waals surface area contributed by atoms with E-state index in [1.807, 2.05) is 0 Å². The topological polar surface area (TPSA) is 52.6 Å². The number of ether oxygens (including phenoxy) is 2. The fourth-order valence-corrected chi connectivity index (χ4v) is 3.11. The van der Waals surface area contributed by atoms with Crippen molar-refractivity contribution in [1.82, 2.24) is 0 Å². The van der Waals surface area contributed by atoms with Crippen molar-refractivity contribution >= 4 is 22.7 Å². The van der Waals surface area contributed by atoms with E-state index >= 15 is 0 Å². The van der Waals surface area contributed by atoms with Crippen molar-refractivity contribution in [3.8, 4) is 11.5 Å². The number of hydrogen-bond donors (Lipinski definition) is 0. The highest BCUT2D eigenvalue weighted by Gasteiger charge is 2.21. The molecular formula is C24H10F6O4. The van der Waals surface area contributed by atoms with Crippen LogP contribution in [0.5, 0.6) is 11.5 Å². The molecule has 4 nitrogen and oxygen atoms in total. The van der Waals surface area contributed by atoms with Gasteiger partial charge in [0, 0.05) is 0 Å². The van der Waals surface area contributed by atoms with Crippen LogP contribution in [0.25, 0.3) is 10.8 Å². The third-order valence-corrected chi connectivity index (χ3v) is 4.67. The first kappa shape index (κ1) is 22.8. The van der Waals surface area contributed by atoms with Crippen LogP contribution in [0.2, 0.25) is 0 Å². The Morgan fingerprint density at radius 3 is 1.26 bits per heavy atom. The summed E-state index contributed by atoms with van der Waals surface area (Å²) in [6, 6.07) is 10.4. The van der Waals surface area contributed by atoms with Crippen molar-refractivity contribution in [1.29, 1.82) is 0 Å². The van der Waals surface area contributed by atoms with Gasteiger partial charge in [-0.1, -0.05) is 24.3 Å². The monoisotopic (exact) mass is 476 g/mol. The van der Waals surface area contributed by atoms with Gasteiger partial charge in [-0.2, -0.15) is 0 Å². The molecule has 0 radical (unpaired) electrons. The minimum absolute atomic E-state index is 0.0535. The van der Waals surface area contributed by atoms with Crippen molar-refractivity contribution in [2.24, 2.45) is 0 Å². The molecule has 0 saturated heterocycles. The number of halogens is 6. The summed E-state index contributed by atoms with van der Waals surface area (Å²) < 4.78 is 90.7. The van der Waals surface area contributed by atoms with Crippen LogP contribution in [-0.2, 0) is 0 Å². The fourth-order valence-electron chi connectivity index (χ4n) is 3.11. The number of carbonyl (C=O) groups excluding carboxylic acids is 2. The smallest absolute Gasteiger partial charge is 0.343 e. The second-order valence-corrected chi connectivity index (χ2v) is 6.90. The summed E-state index contributed by atoms with van der Waals surface area (Å²) in [5.41, 5.74) is -1.25. The maximum Gasteiger partial charge on any atom is 0.343 e. The maximum atomic E-state index is 13.5. The number of esters is 2. The van der Waals surface area contributed by atoms with Crippen molar-refractivity contribution < 1.29 is 45.4 Å². The first-order valence-corrected chi connectivity index (χ1v) is 9.41. The minimum atomic E-state index is -1.76. The largest absolute Gasteiger partial charge is 0.422 e. The van der Waals surface area contributed by atoms with Crippen LogP contribution in [0.1, 0.15) is 20.7 Å².